The third-order valence-electron chi connectivity index (χ3n) is 7.66. The number of methoxy groups -OCH3 is 2. The monoisotopic (exact) mass is 689 g/mol. The van der Waals surface area contributed by atoms with Gasteiger partial charge in [0.1, 0.15) is 11.5 Å². The van der Waals surface area contributed by atoms with E-state index in [-0.39, 0.29) is 0 Å². The zero-order valence-electron chi connectivity index (χ0n) is 26.5. The van der Waals surface area contributed by atoms with Crippen molar-refractivity contribution in [2.75, 3.05) is 14.2 Å². The van der Waals surface area contributed by atoms with Gasteiger partial charge in [-0.05, 0) is 48.5 Å². The van der Waals surface area contributed by atoms with Gasteiger partial charge in [-0.3, -0.25) is 0 Å². The van der Waals surface area contributed by atoms with Crippen LogP contribution in [0.3, 0.4) is 0 Å². The number of hydrogen-bond acceptors (Lipinski definition) is 7. The lowest BCUT2D eigenvalue weighted by atomic mass is 10.0. The molecule has 0 saturated heterocycles. The van der Waals surface area contributed by atoms with Crippen LogP contribution in [0.1, 0.15) is 22.3 Å². The lowest BCUT2D eigenvalue weighted by Gasteiger charge is -2.31. The Balaban J connectivity index is 1.48. The maximum atomic E-state index is 14.8. The average molecular weight is 690 g/mol. The van der Waals surface area contributed by atoms with Gasteiger partial charge in [0.25, 0.3) is 0 Å². The lowest BCUT2D eigenvalue weighted by molar-refractivity contribution is 0.130. The first-order chi connectivity index (χ1) is 23.5. The fraction of sp³-hybridized carbons (Fsp3) is 0.100. The van der Waals surface area contributed by atoms with Gasteiger partial charge < -0.3 is 9.47 Å². The number of hydrogen-bond donors (Lipinski definition) is 0. The van der Waals surface area contributed by atoms with Crippen molar-refractivity contribution in [3.63, 3.8) is 0 Å². The molecule has 0 unspecified atom stereocenters. The average Bonchev–Trinajstić information content (AvgIpc) is 3.16. The van der Waals surface area contributed by atoms with Crippen molar-refractivity contribution < 1.29 is 23.1 Å². The summed E-state index contributed by atoms with van der Waals surface area (Å²) in [4.78, 5) is -0.683. The van der Waals surface area contributed by atoms with Crippen molar-refractivity contribution in [2.45, 2.75) is 19.7 Å². The molecule has 48 heavy (non-hydrogen) atoms. The quantitative estimate of drug-likeness (QED) is 0.0641. The van der Waals surface area contributed by atoms with Gasteiger partial charge in [0.2, 0.25) is 9.87 Å². The number of rotatable bonds is 14. The summed E-state index contributed by atoms with van der Waals surface area (Å²) in [5.41, 5.74) is 3.27. The molecule has 0 spiro atoms. The minimum atomic E-state index is -2.80. The normalized spacial score (nSPS) is 11.5. The van der Waals surface area contributed by atoms with Crippen LogP contribution in [0.2, 0.25) is 0 Å². The summed E-state index contributed by atoms with van der Waals surface area (Å²) in [5, 5.41) is 0. The molecule has 8 heteroatoms. The Morgan fingerprint density at radius 3 is 0.938 bits per heavy atom. The summed E-state index contributed by atoms with van der Waals surface area (Å²) < 4.78 is 39.3. The van der Waals surface area contributed by atoms with Crippen molar-refractivity contribution in [1.82, 2.24) is 0 Å². The molecule has 0 radical (unpaired) electrons. The van der Waals surface area contributed by atoms with Gasteiger partial charge in [-0.2, -0.15) is 0 Å². The topological polar surface area (TPSA) is 54.0 Å². The molecular formula is C40H34O5PS2+. The van der Waals surface area contributed by atoms with Gasteiger partial charge in [0.15, 0.2) is 0 Å². The second-order valence-corrected chi connectivity index (χ2v) is 14.0. The van der Waals surface area contributed by atoms with Crippen molar-refractivity contribution in [3.8, 4) is 11.5 Å². The Hall–Kier alpha value is -4.36. The van der Waals surface area contributed by atoms with Crippen molar-refractivity contribution in [3.05, 3.63) is 192 Å². The number of ether oxygens (including phenoxy) is 2. The molecule has 6 aromatic carbocycles. The van der Waals surface area contributed by atoms with E-state index in [4.69, 9.17) is 18.5 Å². The minimum Gasteiger partial charge on any atom is -0.497 e. The van der Waals surface area contributed by atoms with E-state index in [1.54, 1.807) is 14.2 Å². The van der Waals surface area contributed by atoms with Gasteiger partial charge in [0, 0.05) is 36.6 Å². The fourth-order valence-electron chi connectivity index (χ4n) is 5.30. The summed E-state index contributed by atoms with van der Waals surface area (Å²) in [6.07, 6.45) is 0. The molecule has 0 atom stereocenters. The van der Waals surface area contributed by atoms with Crippen LogP contribution in [0.5, 0.6) is 11.5 Å². The minimum absolute atomic E-state index is 0.741. The molecule has 0 aliphatic carbocycles. The van der Waals surface area contributed by atoms with Crippen LogP contribution < -0.4 is 9.47 Å². The van der Waals surface area contributed by atoms with E-state index in [9.17, 15) is 4.57 Å². The number of benzene rings is 6. The standard InChI is InChI=1S/C40H34O5PS2/c1-42-35-23-27-37(28-24-35)47-39(31-15-7-3-8-16-31,32-17-9-4-10-18-32)44-46(41)45-40(33-19-11-5-12-20-33,34-21-13-6-14-22-34)48-38-29-25-36(43-2)26-30-38/h3-30H,1-2H3/q+1. The fourth-order valence-corrected chi connectivity index (χ4v) is 9.06. The Labute approximate surface area is 291 Å². The summed E-state index contributed by atoms with van der Waals surface area (Å²) >= 11 is 2.91. The van der Waals surface area contributed by atoms with E-state index >= 15 is 0 Å². The van der Waals surface area contributed by atoms with Crippen LogP contribution in [-0.4, -0.2) is 14.2 Å². The van der Waals surface area contributed by atoms with Crippen molar-refractivity contribution >= 4 is 31.8 Å². The second kappa shape index (κ2) is 15.7. The van der Waals surface area contributed by atoms with E-state index < -0.39 is 18.1 Å². The third kappa shape index (κ3) is 7.52. The van der Waals surface area contributed by atoms with Crippen molar-refractivity contribution in [2.24, 2.45) is 0 Å². The van der Waals surface area contributed by atoms with Crippen LogP contribution in [0.25, 0.3) is 0 Å². The van der Waals surface area contributed by atoms with Crippen molar-refractivity contribution in [1.29, 1.82) is 0 Å². The highest BCUT2D eigenvalue weighted by Gasteiger charge is 2.52. The van der Waals surface area contributed by atoms with Gasteiger partial charge >= 0.3 is 8.25 Å². The van der Waals surface area contributed by atoms with Crippen LogP contribution in [0, 0.1) is 0 Å². The maximum Gasteiger partial charge on any atom is 0.701 e. The van der Waals surface area contributed by atoms with Gasteiger partial charge in [-0.15, -0.1) is 0 Å². The molecule has 5 nitrogen and oxygen atoms in total. The van der Waals surface area contributed by atoms with E-state index in [2.05, 4.69) is 0 Å². The Morgan fingerprint density at radius 1 is 0.417 bits per heavy atom. The molecule has 0 fully saturated rings. The maximum absolute atomic E-state index is 14.8. The first kappa shape index (κ1) is 33.5. The first-order valence-corrected chi connectivity index (χ1v) is 18.0. The molecule has 0 heterocycles. The molecule has 0 N–H and O–H groups in total. The summed E-state index contributed by atoms with van der Waals surface area (Å²) in [6.45, 7) is 0. The molecule has 0 amide bonds. The zero-order chi connectivity index (χ0) is 33.2. The summed E-state index contributed by atoms with van der Waals surface area (Å²) in [7, 11) is 0.477. The molecule has 0 aliphatic rings. The lowest BCUT2D eigenvalue weighted by Crippen LogP contribution is -2.29. The highest BCUT2D eigenvalue weighted by atomic mass is 32.2. The highest BCUT2D eigenvalue weighted by molar-refractivity contribution is 8.00. The highest BCUT2D eigenvalue weighted by Crippen LogP contribution is 2.58. The molecule has 6 rings (SSSR count). The number of thioether (sulfide) groups is 2. The molecular weight excluding hydrogens is 656 g/mol. The molecule has 240 valence electrons. The van der Waals surface area contributed by atoms with Crippen LogP contribution in [-0.2, 0) is 23.5 Å². The predicted molar refractivity (Wildman–Crippen MR) is 195 cm³/mol. The van der Waals surface area contributed by atoms with Crippen LogP contribution in [0.15, 0.2) is 180 Å². The third-order valence-corrected chi connectivity index (χ3v) is 11.5. The smallest absolute Gasteiger partial charge is 0.497 e. The summed E-state index contributed by atoms with van der Waals surface area (Å²) in [6, 6.07) is 54.8. The molecule has 0 saturated carbocycles. The Kier molecular flexibility index (Phi) is 11.0. The molecule has 0 bridgehead atoms. The first-order valence-electron chi connectivity index (χ1n) is 15.3. The van der Waals surface area contributed by atoms with Gasteiger partial charge in [-0.25, -0.2) is 0 Å². The largest absolute Gasteiger partial charge is 0.701 e. The van der Waals surface area contributed by atoms with E-state index in [1.807, 2.05) is 170 Å². The molecule has 0 aromatic heterocycles. The molecule has 6 aromatic rings. The van der Waals surface area contributed by atoms with E-state index in [0.717, 1.165) is 43.5 Å². The second-order valence-electron chi connectivity index (χ2n) is 10.7. The zero-order valence-corrected chi connectivity index (χ0v) is 29.0. The van der Waals surface area contributed by atoms with E-state index in [1.165, 1.54) is 23.5 Å². The Morgan fingerprint density at radius 2 is 0.688 bits per heavy atom. The van der Waals surface area contributed by atoms with E-state index in [0.29, 0.717) is 0 Å². The SMILES string of the molecule is COc1ccc(SC(O[P+](=O)OC(Sc2ccc(OC)cc2)(c2ccccc2)c2ccccc2)(c2ccccc2)c2ccccc2)cc1. The van der Waals surface area contributed by atoms with Crippen LogP contribution >= 0.6 is 31.8 Å². The summed E-state index contributed by atoms with van der Waals surface area (Å²) in [5.74, 6) is 1.48. The molecule has 0 aliphatic heterocycles. The van der Waals surface area contributed by atoms with Gasteiger partial charge in [0.05, 0.1) is 14.2 Å². The van der Waals surface area contributed by atoms with Crippen LogP contribution in [0.4, 0.5) is 0 Å². The Bertz CT molecular complexity index is 1670. The predicted octanol–water partition coefficient (Wildman–Crippen LogP) is 11.1. The van der Waals surface area contributed by atoms with Gasteiger partial charge in [-0.1, -0.05) is 154 Å².